The lowest BCUT2D eigenvalue weighted by molar-refractivity contribution is -0.119. The van der Waals surface area contributed by atoms with Gasteiger partial charge >= 0.3 is 5.97 Å². The molecule has 0 aliphatic heterocycles. The number of nitrogens with one attached hydrogen (secondary N) is 1. The first-order valence-electron chi connectivity index (χ1n) is 11.1. The Morgan fingerprint density at radius 1 is 1.00 bits per heavy atom. The quantitative estimate of drug-likeness (QED) is 0.268. The topological polar surface area (TPSA) is 99.2 Å². The van der Waals surface area contributed by atoms with Crippen molar-refractivity contribution in [2.24, 2.45) is 0 Å². The molecule has 0 aliphatic carbocycles. The fourth-order valence-corrected chi connectivity index (χ4v) is 4.84. The van der Waals surface area contributed by atoms with Gasteiger partial charge in [-0.3, -0.25) is 4.79 Å². The Morgan fingerprint density at radius 3 is 2.43 bits per heavy atom. The molecule has 180 valence electrons. The maximum Gasteiger partial charge on any atom is 0.339 e. The van der Waals surface area contributed by atoms with Crippen LogP contribution in [0.5, 0.6) is 0 Å². The molecular weight excluding hydrogens is 464 g/mol. The first kappa shape index (κ1) is 24.3. The molecule has 0 aliphatic rings. The molecule has 0 saturated carbocycles. The first-order chi connectivity index (χ1) is 16.8. The lowest BCUT2D eigenvalue weighted by atomic mass is 10.2. The summed E-state index contributed by atoms with van der Waals surface area (Å²) in [5, 5.41) is 11.3. The van der Waals surface area contributed by atoms with Crippen molar-refractivity contribution >= 4 is 29.3 Å². The molecule has 1 N–H and O–H groups in total. The molecular formula is C26H26N4O4S. The Morgan fingerprint density at radius 2 is 1.71 bits per heavy atom. The molecule has 4 aromatic rings. The highest BCUT2D eigenvalue weighted by Crippen LogP contribution is 2.29. The summed E-state index contributed by atoms with van der Waals surface area (Å²) in [5.74, 6) is 0.372. The highest BCUT2D eigenvalue weighted by Gasteiger charge is 2.19. The number of amides is 1. The molecule has 35 heavy (non-hydrogen) atoms. The number of rotatable bonds is 8. The summed E-state index contributed by atoms with van der Waals surface area (Å²) in [7, 11) is 0. The normalized spacial score (nSPS) is 10.9. The van der Waals surface area contributed by atoms with E-state index in [1.165, 1.54) is 11.8 Å². The van der Waals surface area contributed by atoms with Crippen LogP contribution in [0.1, 0.15) is 38.8 Å². The molecule has 0 unspecified atom stereocenters. The fourth-order valence-electron chi connectivity index (χ4n) is 3.65. The maximum atomic E-state index is 12.8. The smallest absolute Gasteiger partial charge is 0.339 e. The van der Waals surface area contributed by atoms with E-state index in [0.717, 1.165) is 33.3 Å². The molecule has 1 amide bonds. The van der Waals surface area contributed by atoms with E-state index in [1.54, 1.807) is 16.8 Å². The second kappa shape index (κ2) is 10.6. The molecule has 4 rings (SSSR count). The zero-order valence-corrected chi connectivity index (χ0v) is 20.8. The summed E-state index contributed by atoms with van der Waals surface area (Å²) >= 11 is 1.49. The van der Waals surface area contributed by atoms with Gasteiger partial charge in [-0.25, -0.2) is 9.48 Å². The third-order valence-electron chi connectivity index (χ3n) is 5.55. The molecule has 2 aromatic carbocycles. The number of carbonyl (C=O) groups excluding carboxylic acids is 2. The molecule has 8 nitrogen and oxygen atoms in total. The van der Waals surface area contributed by atoms with Crippen LogP contribution in [-0.4, -0.2) is 33.4 Å². The van der Waals surface area contributed by atoms with Crippen molar-refractivity contribution in [3.8, 4) is 5.69 Å². The van der Waals surface area contributed by atoms with Gasteiger partial charge in [0.2, 0.25) is 0 Å². The molecule has 0 spiro atoms. The highest BCUT2D eigenvalue weighted by molar-refractivity contribution is 7.98. The van der Waals surface area contributed by atoms with Crippen LogP contribution in [0.15, 0.2) is 64.0 Å². The van der Waals surface area contributed by atoms with E-state index >= 15 is 0 Å². The molecule has 2 aromatic heterocycles. The molecule has 0 fully saturated rings. The Labute approximate surface area is 207 Å². The minimum absolute atomic E-state index is 0.404. The lowest BCUT2D eigenvalue weighted by Crippen LogP contribution is -2.21. The van der Waals surface area contributed by atoms with E-state index < -0.39 is 18.5 Å². The zero-order chi connectivity index (χ0) is 24.9. The van der Waals surface area contributed by atoms with Crippen molar-refractivity contribution in [2.45, 2.75) is 38.3 Å². The van der Waals surface area contributed by atoms with Gasteiger partial charge in [-0.05, 0) is 52.0 Å². The van der Waals surface area contributed by atoms with Crippen molar-refractivity contribution in [3.63, 3.8) is 0 Å². The van der Waals surface area contributed by atoms with Crippen LogP contribution in [0.3, 0.4) is 0 Å². The molecule has 2 heterocycles. The molecule has 0 atom stereocenters. The standard InChI is InChI=1S/C26H26N4O4S/c1-16-22(19(4)34-29-16)15-35-23-13-9-8-12-21(23)26(32)33-14-24(31)27-25-17(2)28-30(18(25)3)20-10-6-5-7-11-20/h5-13H,14-15H2,1-4H3,(H,27,31). The number of carbonyl (C=O) groups is 2. The summed E-state index contributed by atoms with van der Waals surface area (Å²) in [4.78, 5) is 26.1. The van der Waals surface area contributed by atoms with E-state index in [9.17, 15) is 9.59 Å². The van der Waals surface area contributed by atoms with Gasteiger partial charge < -0.3 is 14.6 Å². The number of nitrogens with zero attached hydrogens (tertiary/aromatic N) is 3. The van der Waals surface area contributed by atoms with Crippen LogP contribution < -0.4 is 5.32 Å². The number of thioether (sulfide) groups is 1. The zero-order valence-electron chi connectivity index (χ0n) is 20.0. The van der Waals surface area contributed by atoms with Gasteiger partial charge in [0.05, 0.1) is 34.0 Å². The summed E-state index contributed by atoms with van der Waals surface area (Å²) in [6.07, 6.45) is 0. The average molecular weight is 491 g/mol. The van der Waals surface area contributed by atoms with E-state index in [4.69, 9.17) is 9.26 Å². The SMILES string of the molecule is Cc1noc(C)c1CSc1ccccc1C(=O)OCC(=O)Nc1c(C)nn(-c2ccccc2)c1C. The van der Waals surface area contributed by atoms with Gasteiger partial charge in [0.1, 0.15) is 5.76 Å². The second-order valence-electron chi connectivity index (χ2n) is 8.01. The number of para-hydroxylation sites is 1. The van der Waals surface area contributed by atoms with Gasteiger partial charge in [0.25, 0.3) is 5.91 Å². The summed E-state index contributed by atoms with van der Waals surface area (Å²) in [6.45, 7) is 7.04. The van der Waals surface area contributed by atoms with Crippen molar-refractivity contribution in [3.05, 3.63) is 88.6 Å². The van der Waals surface area contributed by atoms with E-state index in [-0.39, 0.29) is 0 Å². The number of ether oxygens (including phenoxy) is 1. The largest absolute Gasteiger partial charge is 0.452 e. The summed E-state index contributed by atoms with van der Waals surface area (Å²) < 4.78 is 12.3. The van der Waals surface area contributed by atoms with Crippen LogP contribution in [0.25, 0.3) is 5.69 Å². The van der Waals surface area contributed by atoms with Crippen molar-refractivity contribution in [2.75, 3.05) is 11.9 Å². The van der Waals surface area contributed by atoms with Crippen LogP contribution in [0.4, 0.5) is 5.69 Å². The predicted octanol–water partition coefficient (Wildman–Crippen LogP) is 5.18. The predicted molar refractivity (Wildman–Crippen MR) is 134 cm³/mol. The van der Waals surface area contributed by atoms with E-state index in [0.29, 0.717) is 22.7 Å². The number of aromatic nitrogens is 3. The number of benzene rings is 2. The molecule has 0 bridgehead atoms. The van der Waals surface area contributed by atoms with E-state index in [2.05, 4.69) is 15.6 Å². The lowest BCUT2D eigenvalue weighted by Gasteiger charge is -2.10. The number of aryl methyl sites for hydroxylation is 3. The monoisotopic (exact) mass is 490 g/mol. The third-order valence-corrected chi connectivity index (χ3v) is 6.65. The van der Waals surface area contributed by atoms with Crippen LogP contribution >= 0.6 is 11.8 Å². The van der Waals surface area contributed by atoms with Gasteiger partial charge in [0.15, 0.2) is 6.61 Å². The van der Waals surface area contributed by atoms with E-state index in [1.807, 2.05) is 70.2 Å². The second-order valence-corrected chi connectivity index (χ2v) is 9.02. The van der Waals surface area contributed by atoms with Gasteiger partial charge in [-0.1, -0.05) is 35.5 Å². The molecule has 0 saturated heterocycles. The Bertz CT molecular complexity index is 1340. The summed E-state index contributed by atoms with van der Waals surface area (Å²) in [5.41, 5.74) is 5.19. The van der Waals surface area contributed by atoms with Crippen molar-refractivity contribution < 1.29 is 18.8 Å². The number of hydrogen-bond acceptors (Lipinski definition) is 7. The van der Waals surface area contributed by atoms with Crippen molar-refractivity contribution in [1.29, 1.82) is 0 Å². The van der Waals surface area contributed by atoms with Gasteiger partial charge in [0, 0.05) is 16.2 Å². The maximum absolute atomic E-state index is 12.8. The number of anilines is 1. The first-order valence-corrected chi connectivity index (χ1v) is 12.1. The highest BCUT2D eigenvalue weighted by atomic mass is 32.2. The third kappa shape index (κ3) is 5.46. The van der Waals surface area contributed by atoms with Gasteiger partial charge in [-0.2, -0.15) is 5.10 Å². The van der Waals surface area contributed by atoms with Crippen LogP contribution in [0.2, 0.25) is 0 Å². The molecule has 9 heteroatoms. The number of esters is 1. The molecule has 0 radical (unpaired) electrons. The number of hydrogen-bond donors (Lipinski definition) is 1. The Balaban J connectivity index is 1.39. The Hall–Kier alpha value is -3.85. The summed E-state index contributed by atoms with van der Waals surface area (Å²) in [6, 6.07) is 16.8. The van der Waals surface area contributed by atoms with Gasteiger partial charge in [-0.15, -0.1) is 11.8 Å². The van der Waals surface area contributed by atoms with Crippen LogP contribution in [-0.2, 0) is 15.3 Å². The average Bonchev–Trinajstić information content (AvgIpc) is 3.34. The minimum Gasteiger partial charge on any atom is -0.452 e. The fraction of sp³-hybridized carbons (Fsp3) is 0.231. The van der Waals surface area contributed by atoms with Crippen molar-refractivity contribution in [1.82, 2.24) is 14.9 Å². The van der Waals surface area contributed by atoms with Crippen LogP contribution in [0, 0.1) is 27.7 Å². The Kier molecular flexibility index (Phi) is 7.36. The minimum atomic E-state index is -0.560.